The molecule has 5 rings (SSSR count). The molecule has 1 aromatic heterocycles. The van der Waals surface area contributed by atoms with Crippen molar-refractivity contribution in [1.29, 1.82) is 5.26 Å². The molecule has 1 atom stereocenters. The molecule has 196 valence electrons. The van der Waals surface area contributed by atoms with Crippen LogP contribution in [0.2, 0.25) is 0 Å². The molecule has 0 saturated carbocycles. The number of nitrogens with one attached hydrogen (secondary N) is 1. The summed E-state index contributed by atoms with van der Waals surface area (Å²) in [6.45, 7) is 5.40. The Morgan fingerprint density at radius 2 is 2.14 bits per heavy atom. The number of thiazole rings is 1. The second-order valence-electron chi connectivity index (χ2n) is 10.1. The van der Waals surface area contributed by atoms with E-state index >= 15 is 0 Å². The number of allylic oxidation sites excluding steroid dienone is 3. The predicted molar refractivity (Wildman–Crippen MR) is 145 cm³/mol. The fourth-order valence-electron chi connectivity index (χ4n) is 5.23. The van der Waals surface area contributed by atoms with Gasteiger partial charge in [-0.1, -0.05) is 6.08 Å². The smallest absolute Gasteiger partial charge is 0.213 e. The van der Waals surface area contributed by atoms with Crippen molar-refractivity contribution in [3.05, 3.63) is 52.1 Å². The number of aliphatic hydroxyl groups excluding tert-OH is 1. The Balaban J connectivity index is 1.30. The fraction of sp³-hybridized carbons (Fsp3) is 0.481. The minimum Gasteiger partial charge on any atom is -0.490 e. The van der Waals surface area contributed by atoms with Gasteiger partial charge in [0, 0.05) is 37.4 Å². The number of benzene rings is 1. The van der Waals surface area contributed by atoms with Crippen molar-refractivity contribution in [2.45, 2.75) is 57.8 Å². The number of nitriles is 1. The highest BCUT2D eigenvalue weighted by Gasteiger charge is 2.33. The molecule has 10 heteroatoms. The first kappa shape index (κ1) is 26.1. The van der Waals surface area contributed by atoms with Gasteiger partial charge in [0.1, 0.15) is 16.8 Å². The van der Waals surface area contributed by atoms with Crippen molar-refractivity contribution in [3.8, 4) is 22.4 Å². The summed E-state index contributed by atoms with van der Waals surface area (Å²) in [5, 5.41) is 19.8. The molecular formula is C27H32N4O4S2. The second kappa shape index (κ2) is 10.7. The van der Waals surface area contributed by atoms with E-state index in [9.17, 15) is 18.8 Å². The van der Waals surface area contributed by atoms with Crippen LogP contribution in [-0.4, -0.2) is 67.0 Å². The van der Waals surface area contributed by atoms with Gasteiger partial charge in [-0.2, -0.15) is 5.26 Å². The van der Waals surface area contributed by atoms with Crippen LogP contribution in [0.15, 0.2) is 41.6 Å². The summed E-state index contributed by atoms with van der Waals surface area (Å²) in [5.41, 5.74) is 4.94. The van der Waals surface area contributed by atoms with Gasteiger partial charge in [0.25, 0.3) is 0 Å². The summed E-state index contributed by atoms with van der Waals surface area (Å²) < 4.78 is 34.2. The summed E-state index contributed by atoms with van der Waals surface area (Å²) in [4.78, 5) is 7.66. The Bertz CT molecular complexity index is 1380. The van der Waals surface area contributed by atoms with Gasteiger partial charge in [0.15, 0.2) is 0 Å². The van der Waals surface area contributed by atoms with Crippen molar-refractivity contribution in [1.82, 2.24) is 14.6 Å². The van der Waals surface area contributed by atoms with Crippen LogP contribution < -0.4 is 9.46 Å². The number of β-amino-alcohol motifs (C(OH)–C–C–N with tert-alkyl or cyclic N) is 1. The highest BCUT2D eigenvalue weighted by Crippen LogP contribution is 2.44. The van der Waals surface area contributed by atoms with Gasteiger partial charge < -0.3 is 9.84 Å². The Hall–Kier alpha value is -2.55. The lowest BCUT2D eigenvalue weighted by Gasteiger charge is -2.35. The third-order valence-corrected chi connectivity index (χ3v) is 9.44. The monoisotopic (exact) mass is 540 g/mol. The number of aliphatic hydroxyl groups is 1. The molecule has 2 heterocycles. The molecule has 1 fully saturated rings. The summed E-state index contributed by atoms with van der Waals surface area (Å²) >= 11 is 1.59. The SMILES string of the molecule is CC(C)Oc1ccc(-c2ncc(C3=CCCC4=C3CCC4NS(=O)(=O)CCN3CC(O)C3)s2)cc1C#N. The standard InChI is InChI=1S/C27H32N4O4S2/c1-17(2)35-25-9-6-18(12-19(25)13-28)27-29-14-26(36-27)23-5-3-4-22-21(23)7-8-24(22)30-37(33,34)11-10-31-15-20(32)16-31/h5-6,9,12,14,17,20,24,30,32H,3-4,7-8,10-11,15-16H2,1-2H3. The summed E-state index contributed by atoms with van der Waals surface area (Å²) in [6.07, 6.45) is 7.10. The Labute approximate surface area is 222 Å². The van der Waals surface area contributed by atoms with Crippen molar-refractivity contribution in [2.75, 3.05) is 25.4 Å². The van der Waals surface area contributed by atoms with Crippen LogP contribution >= 0.6 is 11.3 Å². The van der Waals surface area contributed by atoms with E-state index in [1.54, 1.807) is 11.3 Å². The Morgan fingerprint density at radius 1 is 1.32 bits per heavy atom. The third kappa shape index (κ3) is 5.81. The number of nitrogens with zero attached hydrogens (tertiary/aromatic N) is 3. The highest BCUT2D eigenvalue weighted by molar-refractivity contribution is 7.89. The van der Waals surface area contributed by atoms with Gasteiger partial charge in [-0.15, -0.1) is 11.3 Å². The number of likely N-dealkylation sites (tertiary alicyclic amines) is 1. The van der Waals surface area contributed by atoms with E-state index in [1.807, 2.05) is 43.1 Å². The molecule has 3 aliphatic rings. The average molecular weight is 541 g/mol. The van der Waals surface area contributed by atoms with E-state index in [-0.39, 0.29) is 24.0 Å². The van der Waals surface area contributed by atoms with Gasteiger partial charge in [0.2, 0.25) is 10.0 Å². The largest absolute Gasteiger partial charge is 0.490 e. The topological polar surface area (TPSA) is 116 Å². The lowest BCUT2D eigenvalue weighted by atomic mass is 9.91. The maximum Gasteiger partial charge on any atom is 0.213 e. The zero-order chi connectivity index (χ0) is 26.2. The first-order chi connectivity index (χ1) is 17.7. The van der Waals surface area contributed by atoms with Crippen molar-refractivity contribution in [3.63, 3.8) is 0 Å². The van der Waals surface area contributed by atoms with Crippen LogP contribution in [0.25, 0.3) is 16.1 Å². The van der Waals surface area contributed by atoms with Crippen LogP contribution in [-0.2, 0) is 10.0 Å². The van der Waals surface area contributed by atoms with Gasteiger partial charge in [-0.05, 0) is 74.4 Å². The number of sulfonamides is 1. The quantitative estimate of drug-likeness (QED) is 0.498. The van der Waals surface area contributed by atoms with Crippen LogP contribution in [0.4, 0.5) is 0 Å². The van der Waals surface area contributed by atoms with E-state index < -0.39 is 10.0 Å². The molecule has 2 aliphatic carbocycles. The lowest BCUT2D eigenvalue weighted by Crippen LogP contribution is -2.52. The normalized spacial score (nSPS) is 20.5. The first-order valence-corrected chi connectivity index (χ1v) is 15.2. The minimum absolute atomic E-state index is 0.0145. The number of rotatable bonds is 9. The number of ether oxygens (including phenoxy) is 1. The van der Waals surface area contributed by atoms with Crippen molar-refractivity contribution < 1.29 is 18.3 Å². The molecule has 0 bridgehead atoms. The molecule has 2 aromatic rings. The molecule has 0 spiro atoms. The van der Waals surface area contributed by atoms with E-state index in [4.69, 9.17) is 4.74 Å². The maximum absolute atomic E-state index is 12.8. The Kier molecular flexibility index (Phi) is 7.52. The zero-order valence-corrected chi connectivity index (χ0v) is 22.7. The number of hydrogen-bond acceptors (Lipinski definition) is 8. The molecule has 8 nitrogen and oxygen atoms in total. The van der Waals surface area contributed by atoms with Gasteiger partial charge in [-0.25, -0.2) is 18.1 Å². The summed E-state index contributed by atoms with van der Waals surface area (Å²) in [7, 11) is -3.41. The molecule has 1 saturated heterocycles. The number of hydrogen-bond donors (Lipinski definition) is 2. The van der Waals surface area contributed by atoms with Gasteiger partial charge in [-0.3, -0.25) is 4.90 Å². The zero-order valence-electron chi connectivity index (χ0n) is 21.1. The molecular weight excluding hydrogens is 508 g/mol. The van der Waals surface area contributed by atoms with Gasteiger partial charge >= 0.3 is 0 Å². The van der Waals surface area contributed by atoms with E-state index in [2.05, 4.69) is 21.9 Å². The summed E-state index contributed by atoms with van der Waals surface area (Å²) in [5.74, 6) is 0.621. The Morgan fingerprint density at radius 3 is 2.86 bits per heavy atom. The molecule has 1 unspecified atom stereocenters. The predicted octanol–water partition coefficient (Wildman–Crippen LogP) is 3.70. The third-order valence-electron chi connectivity index (χ3n) is 7.00. The van der Waals surface area contributed by atoms with Crippen LogP contribution in [0, 0.1) is 11.3 Å². The van der Waals surface area contributed by atoms with E-state index in [1.165, 1.54) is 11.1 Å². The first-order valence-electron chi connectivity index (χ1n) is 12.7. The van der Waals surface area contributed by atoms with Crippen molar-refractivity contribution >= 4 is 26.9 Å². The van der Waals surface area contributed by atoms with E-state index in [0.717, 1.165) is 46.7 Å². The fourth-order valence-corrected chi connectivity index (χ4v) is 7.52. The van der Waals surface area contributed by atoms with Crippen LogP contribution in [0.3, 0.4) is 0 Å². The highest BCUT2D eigenvalue weighted by atomic mass is 32.2. The second-order valence-corrected chi connectivity index (χ2v) is 13.0. The van der Waals surface area contributed by atoms with Gasteiger partial charge in [0.05, 0.1) is 28.4 Å². The molecule has 0 amide bonds. The molecule has 37 heavy (non-hydrogen) atoms. The van der Waals surface area contributed by atoms with Crippen molar-refractivity contribution in [2.24, 2.45) is 0 Å². The molecule has 1 aliphatic heterocycles. The minimum atomic E-state index is -3.41. The average Bonchev–Trinajstić information content (AvgIpc) is 3.49. The maximum atomic E-state index is 12.8. The summed E-state index contributed by atoms with van der Waals surface area (Å²) in [6, 6.07) is 7.64. The molecule has 2 N–H and O–H groups in total. The van der Waals surface area contributed by atoms with E-state index in [0.29, 0.717) is 30.9 Å². The lowest BCUT2D eigenvalue weighted by molar-refractivity contribution is 0.00619. The number of aromatic nitrogens is 1. The molecule has 0 radical (unpaired) electrons. The van der Waals surface area contributed by atoms with Crippen LogP contribution in [0.1, 0.15) is 50.0 Å². The van der Waals surface area contributed by atoms with Crippen LogP contribution in [0.5, 0.6) is 5.75 Å². The molecule has 1 aromatic carbocycles.